The number of hydrogen-bond acceptors (Lipinski definition) is 5. The van der Waals surface area contributed by atoms with Gasteiger partial charge in [-0.2, -0.15) is 5.26 Å². The Bertz CT molecular complexity index is 586. The molecule has 0 aliphatic carbocycles. The predicted molar refractivity (Wildman–Crippen MR) is 75.9 cm³/mol. The molecule has 20 heavy (non-hydrogen) atoms. The summed E-state index contributed by atoms with van der Waals surface area (Å²) in [5.74, 6) is 1.11. The van der Waals surface area contributed by atoms with Gasteiger partial charge in [0.2, 0.25) is 11.8 Å². The third-order valence-corrected chi connectivity index (χ3v) is 2.88. The lowest BCUT2D eigenvalue weighted by molar-refractivity contribution is 0.491. The lowest BCUT2D eigenvalue weighted by Gasteiger charge is -1.99. The Balaban J connectivity index is 1.93. The Kier molecular flexibility index (Phi) is 5.27. The molecule has 1 N–H and O–H groups in total. The van der Waals surface area contributed by atoms with Crippen LogP contribution in [-0.2, 0) is 6.42 Å². The zero-order valence-corrected chi connectivity index (χ0v) is 11.6. The summed E-state index contributed by atoms with van der Waals surface area (Å²) in [4.78, 5) is 0. The number of hydrogen-bond donors (Lipinski definition) is 1. The molecule has 0 saturated carbocycles. The Hall–Kier alpha value is -2.19. The molecule has 1 heterocycles. The minimum absolute atomic E-state index is 0.471. The molecule has 104 valence electrons. The lowest BCUT2D eigenvalue weighted by Crippen LogP contribution is -2.16. The second-order valence-electron chi connectivity index (χ2n) is 4.55. The first-order chi connectivity index (χ1) is 9.83. The molecule has 2 rings (SSSR count). The third kappa shape index (κ3) is 3.90. The van der Waals surface area contributed by atoms with Crippen LogP contribution in [0.3, 0.4) is 0 Å². The van der Waals surface area contributed by atoms with Crippen molar-refractivity contribution in [3.05, 3.63) is 35.7 Å². The van der Waals surface area contributed by atoms with E-state index in [4.69, 9.17) is 9.68 Å². The van der Waals surface area contributed by atoms with Gasteiger partial charge in [-0.3, -0.25) is 0 Å². The maximum Gasteiger partial charge on any atom is 0.247 e. The highest BCUT2D eigenvalue weighted by atomic mass is 16.4. The zero-order valence-electron chi connectivity index (χ0n) is 11.6. The number of aryl methyl sites for hydroxylation is 1. The summed E-state index contributed by atoms with van der Waals surface area (Å²) >= 11 is 0. The SMILES string of the molecule is CCCNCCCc1nnc(-c2cccc(C#N)c2)o1. The van der Waals surface area contributed by atoms with Crippen LogP contribution in [0.5, 0.6) is 0 Å². The van der Waals surface area contributed by atoms with Crippen LogP contribution in [0.4, 0.5) is 0 Å². The molecule has 0 atom stereocenters. The molecule has 0 bridgehead atoms. The van der Waals surface area contributed by atoms with Crippen molar-refractivity contribution in [2.45, 2.75) is 26.2 Å². The van der Waals surface area contributed by atoms with Gasteiger partial charge in [0.25, 0.3) is 0 Å². The van der Waals surface area contributed by atoms with Crippen LogP contribution < -0.4 is 5.32 Å². The Morgan fingerprint density at radius 2 is 2.20 bits per heavy atom. The number of benzene rings is 1. The van der Waals surface area contributed by atoms with Gasteiger partial charge in [-0.1, -0.05) is 13.0 Å². The van der Waals surface area contributed by atoms with Gasteiger partial charge >= 0.3 is 0 Å². The third-order valence-electron chi connectivity index (χ3n) is 2.88. The number of nitriles is 1. The first-order valence-corrected chi connectivity index (χ1v) is 6.87. The maximum atomic E-state index is 8.88. The summed E-state index contributed by atoms with van der Waals surface area (Å²) in [6, 6.07) is 9.27. The molecular formula is C15H18N4O. The second kappa shape index (κ2) is 7.41. The standard InChI is InChI=1S/C15H18N4O/c1-2-8-17-9-4-7-14-18-19-15(20-14)13-6-3-5-12(10-13)11-16/h3,5-6,10,17H,2,4,7-9H2,1H3. The predicted octanol–water partition coefficient (Wildman–Crippen LogP) is 2.54. The summed E-state index contributed by atoms with van der Waals surface area (Å²) in [6.07, 6.45) is 2.88. The van der Waals surface area contributed by atoms with E-state index in [-0.39, 0.29) is 0 Å². The quantitative estimate of drug-likeness (QED) is 0.782. The van der Waals surface area contributed by atoms with E-state index in [1.807, 2.05) is 12.1 Å². The molecule has 5 heteroatoms. The lowest BCUT2D eigenvalue weighted by atomic mass is 10.1. The molecular weight excluding hydrogens is 252 g/mol. The van der Waals surface area contributed by atoms with Gasteiger partial charge in [0.05, 0.1) is 11.6 Å². The fraction of sp³-hybridized carbons (Fsp3) is 0.400. The van der Waals surface area contributed by atoms with E-state index in [0.29, 0.717) is 17.3 Å². The Morgan fingerprint density at radius 3 is 3.00 bits per heavy atom. The molecule has 1 aromatic carbocycles. The summed E-state index contributed by atoms with van der Waals surface area (Å²) in [5.41, 5.74) is 1.37. The van der Waals surface area contributed by atoms with E-state index < -0.39 is 0 Å². The summed E-state index contributed by atoms with van der Waals surface area (Å²) in [6.45, 7) is 4.14. The van der Waals surface area contributed by atoms with Gasteiger partial charge in [-0.25, -0.2) is 0 Å². The van der Waals surface area contributed by atoms with Crippen molar-refractivity contribution in [3.8, 4) is 17.5 Å². The van der Waals surface area contributed by atoms with Crippen molar-refractivity contribution in [2.24, 2.45) is 0 Å². The van der Waals surface area contributed by atoms with Gasteiger partial charge in [-0.05, 0) is 44.1 Å². The van der Waals surface area contributed by atoms with E-state index in [2.05, 4.69) is 28.5 Å². The Morgan fingerprint density at radius 1 is 1.30 bits per heavy atom. The topological polar surface area (TPSA) is 74.7 Å². The average Bonchev–Trinajstić information content (AvgIpc) is 2.96. The van der Waals surface area contributed by atoms with E-state index in [1.54, 1.807) is 12.1 Å². The molecule has 0 unspecified atom stereocenters. The molecule has 2 aromatic rings. The first kappa shape index (κ1) is 14.2. The molecule has 5 nitrogen and oxygen atoms in total. The first-order valence-electron chi connectivity index (χ1n) is 6.87. The minimum Gasteiger partial charge on any atom is -0.421 e. The molecule has 0 fully saturated rings. The van der Waals surface area contributed by atoms with Crippen LogP contribution in [0.25, 0.3) is 11.5 Å². The van der Waals surface area contributed by atoms with Crippen molar-refractivity contribution >= 4 is 0 Å². The summed E-state index contributed by atoms with van der Waals surface area (Å²) in [7, 11) is 0. The molecule has 0 amide bonds. The van der Waals surface area contributed by atoms with E-state index in [9.17, 15) is 0 Å². The largest absolute Gasteiger partial charge is 0.421 e. The number of aromatic nitrogens is 2. The van der Waals surface area contributed by atoms with Gasteiger partial charge in [0, 0.05) is 12.0 Å². The van der Waals surface area contributed by atoms with Crippen LogP contribution in [-0.4, -0.2) is 23.3 Å². The van der Waals surface area contributed by atoms with Gasteiger partial charge in [0.1, 0.15) is 0 Å². The maximum absolute atomic E-state index is 8.88. The number of nitrogens with zero attached hydrogens (tertiary/aromatic N) is 3. The van der Waals surface area contributed by atoms with E-state index in [0.717, 1.165) is 37.9 Å². The molecule has 1 aromatic heterocycles. The molecule has 0 aliphatic rings. The molecule has 0 aliphatic heterocycles. The van der Waals surface area contributed by atoms with E-state index in [1.165, 1.54) is 0 Å². The summed E-state index contributed by atoms with van der Waals surface area (Å²) in [5, 5.41) is 20.3. The van der Waals surface area contributed by atoms with Crippen LogP contribution in [0, 0.1) is 11.3 Å². The van der Waals surface area contributed by atoms with Gasteiger partial charge in [-0.15, -0.1) is 10.2 Å². The highest BCUT2D eigenvalue weighted by Gasteiger charge is 2.08. The smallest absolute Gasteiger partial charge is 0.247 e. The van der Waals surface area contributed by atoms with Crippen LogP contribution in [0.15, 0.2) is 28.7 Å². The average molecular weight is 270 g/mol. The van der Waals surface area contributed by atoms with Crippen LogP contribution >= 0.6 is 0 Å². The Labute approximate surface area is 118 Å². The van der Waals surface area contributed by atoms with Crippen LogP contribution in [0.2, 0.25) is 0 Å². The van der Waals surface area contributed by atoms with Crippen molar-refractivity contribution < 1.29 is 4.42 Å². The fourth-order valence-corrected chi connectivity index (χ4v) is 1.86. The molecule has 0 saturated heterocycles. The second-order valence-corrected chi connectivity index (χ2v) is 4.55. The monoisotopic (exact) mass is 270 g/mol. The number of rotatable bonds is 7. The summed E-state index contributed by atoms with van der Waals surface area (Å²) < 4.78 is 5.62. The van der Waals surface area contributed by atoms with Crippen molar-refractivity contribution in [1.29, 1.82) is 5.26 Å². The van der Waals surface area contributed by atoms with Crippen molar-refractivity contribution in [1.82, 2.24) is 15.5 Å². The number of nitrogens with one attached hydrogen (secondary N) is 1. The fourth-order valence-electron chi connectivity index (χ4n) is 1.86. The highest BCUT2D eigenvalue weighted by molar-refractivity contribution is 5.55. The van der Waals surface area contributed by atoms with Crippen molar-refractivity contribution in [2.75, 3.05) is 13.1 Å². The minimum atomic E-state index is 0.471. The normalized spacial score (nSPS) is 10.4. The van der Waals surface area contributed by atoms with E-state index >= 15 is 0 Å². The highest BCUT2D eigenvalue weighted by Crippen LogP contribution is 2.19. The van der Waals surface area contributed by atoms with Crippen LogP contribution in [0.1, 0.15) is 31.2 Å². The van der Waals surface area contributed by atoms with Gasteiger partial charge in [0.15, 0.2) is 0 Å². The molecule has 0 radical (unpaired) electrons. The zero-order chi connectivity index (χ0) is 14.2. The van der Waals surface area contributed by atoms with Gasteiger partial charge < -0.3 is 9.73 Å². The molecule has 0 spiro atoms. The van der Waals surface area contributed by atoms with Crippen molar-refractivity contribution in [3.63, 3.8) is 0 Å².